The first-order valence-corrected chi connectivity index (χ1v) is 6.63. The van der Waals surface area contributed by atoms with Gasteiger partial charge in [0.15, 0.2) is 0 Å². The number of hydrogen-bond acceptors (Lipinski definition) is 6. The Morgan fingerprint density at radius 2 is 2.00 bits per heavy atom. The molecule has 6 nitrogen and oxygen atoms in total. The lowest BCUT2D eigenvalue weighted by Gasteiger charge is -2.01. The molecular weight excluding hydrogens is 260 g/mol. The lowest BCUT2D eigenvalue weighted by Crippen LogP contribution is -2.01. The highest BCUT2D eigenvalue weighted by Crippen LogP contribution is 2.20. The molecule has 0 aliphatic heterocycles. The van der Waals surface area contributed by atoms with Crippen molar-refractivity contribution in [2.24, 2.45) is 0 Å². The number of hydrogen-bond donors (Lipinski definition) is 2. The minimum atomic E-state index is 0.565. The van der Waals surface area contributed by atoms with Crippen LogP contribution in [-0.4, -0.2) is 25.6 Å². The standard InChI is InChI=1S/C12H12N6S/c1-8-14-17-12(19-8)13-7-10-11(16-18-15-10)9-5-3-2-4-6-9/h2-6H,7H2,1H3,(H,13,17)(H,15,16,18). The fraction of sp³-hybridized carbons (Fsp3) is 0.167. The number of aryl methyl sites for hydroxylation is 1. The highest BCUT2D eigenvalue weighted by atomic mass is 32.1. The first-order valence-electron chi connectivity index (χ1n) is 5.82. The number of H-pyrrole nitrogens is 1. The van der Waals surface area contributed by atoms with Crippen LogP contribution in [0.2, 0.25) is 0 Å². The van der Waals surface area contributed by atoms with E-state index in [-0.39, 0.29) is 0 Å². The normalized spacial score (nSPS) is 10.6. The summed E-state index contributed by atoms with van der Waals surface area (Å²) >= 11 is 1.52. The smallest absolute Gasteiger partial charge is 0.205 e. The van der Waals surface area contributed by atoms with Gasteiger partial charge < -0.3 is 5.32 Å². The Balaban J connectivity index is 1.77. The second kappa shape index (κ2) is 5.15. The van der Waals surface area contributed by atoms with Gasteiger partial charge in [-0.25, -0.2) is 0 Å². The van der Waals surface area contributed by atoms with Crippen molar-refractivity contribution in [3.8, 4) is 11.3 Å². The van der Waals surface area contributed by atoms with Crippen LogP contribution in [0.25, 0.3) is 11.3 Å². The topological polar surface area (TPSA) is 79.4 Å². The minimum Gasteiger partial charge on any atom is -0.354 e. The molecule has 0 atom stereocenters. The SMILES string of the molecule is Cc1nnc(NCc2n[nH]nc2-c2ccccc2)s1. The predicted octanol–water partition coefficient (Wildman–Crippen LogP) is 2.24. The van der Waals surface area contributed by atoms with E-state index in [0.29, 0.717) is 6.54 Å². The van der Waals surface area contributed by atoms with Gasteiger partial charge in [-0.2, -0.15) is 15.4 Å². The zero-order valence-electron chi connectivity index (χ0n) is 10.3. The van der Waals surface area contributed by atoms with Crippen molar-refractivity contribution >= 4 is 16.5 Å². The van der Waals surface area contributed by atoms with Gasteiger partial charge in [-0.05, 0) is 6.92 Å². The van der Waals surface area contributed by atoms with E-state index in [1.54, 1.807) is 0 Å². The molecule has 0 saturated carbocycles. The Kier molecular flexibility index (Phi) is 3.20. The van der Waals surface area contributed by atoms with Crippen molar-refractivity contribution in [3.63, 3.8) is 0 Å². The van der Waals surface area contributed by atoms with Crippen molar-refractivity contribution in [1.29, 1.82) is 0 Å². The van der Waals surface area contributed by atoms with Gasteiger partial charge in [0.2, 0.25) is 5.13 Å². The Morgan fingerprint density at radius 3 is 2.74 bits per heavy atom. The van der Waals surface area contributed by atoms with Crippen LogP contribution in [0.1, 0.15) is 10.7 Å². The monoisotopic (exact) mass is 272 g/mol. The summed E-state index contributed by atoms with van der Waals surface area (Å²) in [5, 5.41) is 23.9. The van der Waals surface area contributed by atoms with Crippen molar-refractivity contribution in [2.45, 2.75) is 13.5 Å². The molecule has 0 radical (unpaired) electrons. The lowest BCUT2D eigenvalue weighted by atomic mass is 10.1. The molecular formula is C12H12N6S. The number of rotatable bonds is 4. The molecule has 2 heterocycles. The first-order chi connectivity index (χ1) is 9.33. The molecule has 0 spiro atoms. The summed E-state index contributed by atoms with van der Waals surface area (Å²) in [5.41, 5.74) is 2.76. The molecule has 0 fully saturated rings. The molecule has 0 amide bonds. The van der Waals surface area contributed by atoms with Crippen molar-refractivity contribution in [1.82, 2.24) is 25.6 Å². The molecule has 7 heteroatoms. The molecule has 0 aliphatic rings. The van der Waals surface area contributed by atoms with E-state index in [0.717, 1.165) is 27.1 Å². The van der Waals surface area contributed by atoms with Gasteiger partial charge in [0, 0.05) is 5.56 Å². The zero-order chi connectivity index (χ0) is 13.1. The molecule has 3 aromatic rings. The van der Waals surface area contributed by atoms with Gasteiger partial charge >= 0.3 is 0 Å². The summed E-state index contributed by atoms with van der Waals surface area (Å²) in [6, 6.07) is 9.96. The van der Waals surface area contributed by atoms with Crippen LogP contribution < -0.4 is 5.32 Å². The number of aromatic nitrogens is 5. The van der Waals surface area contributed by atoms with Gasteiger partial charge in [-0.3, -0.25) is 0 Å². The molecule has 19 heavy (non-hydrogen) atoms. The van der Waals surface area contributed by atoms with E-state index in [1.165, 1.54) is 11.3 Å². The van der Waals surface area contributed by atoms with Crippen LogP contribution in [0.5, 0.6) is 0 Å². The number of aromatic amines is 1. The summed E-state index contributed by atoms with van der Waals surface area (Å²) in [6.45, 7) is 2.49. The molecule has 0 aliphatic carbocycles. The molecule has 0 saturated heterocycles. The minimum absolute atomic E-state index is 0.565. The molecule has 96 valence electrons. The van der Waals surface area contributed by atoms with E-state index >= 15 is 0 Å². The van der Waals surface area contributed by atoms with Crippen molar-refractivity contribution in [2.75, 3.05) is 5.32 Å². The van der Waals surface area contributed by atoms with Gasteiger partial charge in [0.25, 0.3) is 0 Å². The predicted molar refractivity (Wildman–Crippen MR) is 73.8 cm³/mol. The van der Waals surface area contributed by atoms with E-state index in [9.17, 15) is 0 Å². The number of anilines is 1. The van der Waals surface area contributed by atoms with E-state index in [4.69, 9.17) is 0 Å². The maximum atomic E-state index is 4.20. The van der Waals surface area contributed by atoms with Crippen molar-refractivity contribution in [3.05, 3.63) is 41.0 Å². The summed E-state index contributed by atoms with van der Waals surface area (Å²) in [5.74, 6) is 0. The molecule has 3 rings (SSSR count). The molecule has 0 bridgehead atoms. The van der Waals surface area contributed by atoms with Crippen LogP contribution in [-0.2, 0) is 6.54 Å². The van der Waals surface area contributed by atoms with Gasteiger partial charge in [-0.15, -0.1) is 10.2 Å². The fourth-order valence-electron chi connectivity index (χ4n) is 1.73. The van der Waals surface area contributed by atoms with Crippen LogP contribution >= 0.6 is 11.3 Å². The zero-order valence-corrected chi connectivity index (χ0v) is 11.1. The average Bonchev–Trinajstić information content (AvgIpc) is 3.06. The van der Waals surface area contributed by atoms with Crippen LogP contribution in [0.4, 0.5) is 5.13 Å². The van der Waals surface area contributed by atoms with E-state index in [2.05, 4.69) is 30.9 Å². The Bertz CT molecular complexity index is 660. The quantitative estimate of drug-likeness (QED) is 0.761. The van der Waals surface area contributed by atoms with E-state index < -0.39 is 0 Å². The maximum absolute atomic E-state index is 4.20. The second-order valence-electron chi connectivity index (χ2n) is 3.96. The third kappa shape index (κ3) is 2.60. The lowest BCUT2D eigenvalue weighted by molar-refractivity contribution is 0.908. The fourth-order valence-corrected chi connectivity index (χ4v) is 2.32. The summed E-state index contributed by atoms with van der Waals surface area (Å²) in [7, 11) is 0. The summed E-state index contributed by atoms with van der Waals surface area (Å²) in [4.78, 5) is 0. The third-order valence-corrected chi connectivity index (χ3v) is 3.40. The largest absolute Gasteiger partial charge is 0.354 e. The number of benzene rings is 1. The third-order valence-electron chi connectivity index (χ3n) is 2.60. The van der Waals surface area contributed by atoms with Gasteiger partial charge in [0.05, 0.1) is 6.54 Å². The van der Waals surface area contributed by atoms with Gasteiger partial charge in [-0.1, -0.05) is 41.7 Å². The van der Waals surface area contributed by atoms with Crippen LogP contribution in [0.3, 0.4) is 0 Å². The average molecular weight is 272 g/mol. The summed E-state index contributed by atoms with van der Waals surface area (Å²) < 4.78 is 0. The Labute approximate surface area is 113 Å². The molecule has 0 unspecified atom stereocenters. The highest BCUT2D eigenvalue weighted by molar-refractivity contribution is 7.15. The van der Waals surface area contributed by atoms with E-state index in [1.807, 2.05) is 37.3 Å². The molecule has 2 N–H and O–H groups in total. The number of nitrogens with zero attached hydrogens (tertiary/aromatic N) is 4. The Hall–Kier alpha value is -2.28. The Morgan fingerprint density at radius 1 is 1.16 bits per heavy atom. The molecule has 1 aromatic carbocycles. The van der Waals surface area contributed by atoms with Crippen molar-refractivity contribution < 1.29 is 0 Å². The van der Waals surface area contributed by atoms with Crippen LogP contribution in [0, 0.1) is 6.92 Å². The highest BCUT2D eigenvalue weighted by Gasteiger charge is 2.10. The maximum Gasteiger partial charge on any atom is 0.205 e. The van der Waals surface area contributed by atoms with Gasteiger partial charge in [0.1, 0.15) is 16.4 Å². The number of nitrogens with one attached hydrogen (secondary N) is 2. The summed E-state index contributed by atoms with van der Waals surface area (Å²) in [6.07, 6.45) is 0. The molecule has 2 aromatic heterocycles. The second-order valence-corrected chi connectivity index (χ2v) is 5.15. The first kappa shape index (κ1) is 11.8. The van der Waals surface area contributed by atoms with Crippen LogP contribution in [0.15, 0.2) is 30.3 Å².